The summed E-state index contributed by atoms with van der Waals surface area (Å²) in [6, 6.07) is 7.98. The lowest BCUT2D eigenvalue weighted by Crippen LogP contribution is -2.13. The van der Waals surface area contributed by atoms with Crippen LogP contribution < -0.4 is 0 Å². The van der Waals surface area contributed by atoms with E-state index in [1.165, 1.54) is 35.2 Å². The van der Waals surface area contributed by atoms with Gasteiger partial charge in [-0.25, -0.2) is 9.37 Å². The van der Waals surface area contributed by atoms with Gasteiger partial charge in [0.1, 0.15) is 10.8 Å². The minimum absolute atomic E-state index is 0.0895. The topological polar surface area (TPSA) is 84.5 Å². The molecule has 0 aliphatic heterocycles. The number of Topliss-reactive ketones (excluding diaryl/α,β-unsaturated/α-hetero) is 1. The Bertz CT molecular complexity index is 974. The molecule has 1 unspecified atom stereocenters. The van der Waals surface area contributed by atoms with Crippen molar-refractivity contribution in [2.24, 2.45) is 7.05 Å². The third-order valence-corrected chi connectivity index (χ3v) is 5.69. The normalized spacial score (nSPS) is 11.9. The first-order valence-corrected chi connectivity index (χ1v) is 9.48. The standard InChI is InChI=1S/C17H14FN5OS2/c1-10-8-25-16(20-10)13(7-19)14(24)9-26-17-22-21-15(23(17)2)11-3-5-12(18)6-4-11/h3-6,8,13H,9H2,1-2H3. The molecule has 0 saturated heterocycles. The lowest BCUT2D eigenvalue weighted by molar-refractivity contribution is -0.116. The first-order chi connectivity index (χ1) is 12.5. The number of carbonyl (C=O) groups excluding carboxylic acids is 1. The Morgan fingerprint density at radius 3 is 2.73 bits per heavy atom. The van der Waals surface area contributed by atoms with Gasteiger partial charge in [-0.2, -0.15) is 5.26 Å². The van der Waals surface area contributed by atoms with Crippen LogP contribution in [0.25, 0.3) is 11.4 Å². The van der Waals surface area contributed by atoms with Gasteiger partial charge in [-0.3, -0.25) is 4.79 Å². The zero-order chi connectivity index (χ0) is 18.7. The van der Waals surface area contributed by atoms with Crippen molar-refractivity contribution in [3.8, 4) is 17.5 Å². The van der Waals surface area contributed by atoms with Crippen molar-refractivity contribution < 1.29 is 9.18 Å². The summed E-state index contributed by atoms with van der Waals surface area (Å²) in [7, 11) is 1.78. The molecule has 0 saturated carbocycles. The van der Waals surface area contributed by atoms with E-state index in [1.54, 1.807) is 23.7 Å². The fourth-order valence-electron chi connectivity index (χ4n) is 2.28. The van der Waals surface area contributed by atoms with Gasteiger partial charge in [0.25, 0.3) is 0 Å². The molecule has 0 radical (unpaired) electrons. The predicted molar refractivity (Wildman–Crippen MR) is 97.3 cm³/mol. The van der Waals surface area contributed by atoms with Crippen LogP contribution >= 0.6 is 23.1 Å². The van der Waals surface area contributed by atoms with E-state index in [2.05, 4.69) is 15.2 Å². The Balaban J connectivity index is 1.71. The smallest absolute Gasteiger partial charge is 0.191 e. The number of rotatable bonds is 6. The monoisotopic (exact) mass is 387 g/mol. The van der Waals surface area contributed by atoms with E-state index in [-0.39, 0.29) is 17.4 Å². The number of halogens is 1. The van der Waals surface area contributed by atoms with E-state index in [0.717, 1.165) is 11.3 Å². The molecule has 1 atom stereocenters. The lowest BCUT2D eigenvalue weighted by atomic mass is 10.1. The fraction of sp³-hybridized carbons (Fsp3) is 0.235. The van der Waals surface area contributed by atoms with Crippen molar-refractivity contribution in [3.05, 3.63) is 46.2 Å². The highest BCUT2D eigenvalue weighted by Gasteiger charge is 2.24. The van der Waals surface area contributed by atoms with Gasteiger partial charge in [-0.05, 0) is 31.2 Å². The Labute approximate surface area is 157 Å². The SMILES string of the molecule is Cc1csc(C(C#N)C(=O)CSc2nnc(-c3ccc(F)cc3)n2C)n1. The van der Waals surface area contributed by atoms with Crippen molar-refractivity contribution in [2.75, 3.05) is 5.75 Å². The zero-order valence-electron chi connectivity index (χ0n) is 14.0. The highest BCUT2D eigenvalue weighted by atomic mass is 32.2. The third-order valence-electron chi connectivity index (χ3n) is 3.62. The molecule has 132 valence electrons. The van der Waals surface area contributed by atoms with E-state index >= 15 is 0 Å². The summed E-state index contributed by atoms with van der Waals surface area (Å²) in [5, 5.41) is 20.4. The molecule has 0 spiro atoms. The second kappa shape index (κ2) is 7.76. The number of aromatic nitrogens is 4. The molecule has 0 bridgehead atoms. The number of nitrogens with zero attached hydrogens (tertiary/aromatic N) is 5. The minimum atomic E-state index is -0.869. The molecule has 0 fully saturated rings. The quantitative estimate of drug-likeness (QED) is 0.603. The average molecular weight is 387 g/mol. The third kappa shape index (κ3) is 3.81. The van der Waals surface area contributed by atoms with Crippen molar-refractivity contribution in [3.63, 3.8) is 0 Å². The number of benzene rings is 1. The van der Waals surface area contributed by atoms with Crippen LogP contribution in [0, 0.1) is 24.1 Å². The van der Waals surface area contributed by atoms with Crippen LogP contribution in [-0.4, -0.2) is 31.3 Å². The first-order valence-electron chi connectivity index (χ1n) is 7.62. The average Bonchev–Trinajstić information content (AvgIpc) is 3.21. The number of hydrogen-bond donors (Lipinski definition) is 0. The van der Waals surface area contributed by atoms with Crippen molar-refractivity contribution >= 4 is 28.9 Å². The molecule has 9 heteroatoms. The largest absolute Gasteiger partial charge is 0.305 e. The number of nitriles is 1. The molecule has 1 aromatic carbocycles. The van der Waals surface area contributed by atoms with E-state index in [0.29, 0.717) is 16.0 Å². The summed E-state index contributed by atoms with van der Waals surface area (Å²) in [5.41, 5.74) is 1.52. The van der Waals surface area contributed by atoms with Crippen LogP contribution in [0.3, 0.4) is 0 Å². The van der Waals surface area contributed by atoms with E-state index in [1.807, 2.05) is 18.4 Å². The number of aryl methyl sites for hydroxylation is 1. The molecule has 2 aromatic heterocycles. The molecular formula is C17H14FN5OS2. The summed E-state index contributed by atoms with van der Waals surface area (Å²) in [6.45, 7) is 1.82. The van der Waals surface area contributed by atoms with Gasteiger partial charge in [0.05, 0.1) is 11.8 Å². The van der Waals surface area contributed by atoms with Crippen LogP contribution in [0.4, 0.5) is 4.39 Å². The minimum Gasteiger partial charge on any atom is -0.305 e. The summed E-state index contributed by atoms with van der Waals surface area (Å²) in [4.78, 5) is 16.6. The van der Waals surface area contributed by atoms with Gasteiger partial charge in [-0.1, -0.05) is 11.8 Å². The van der Waals surface area contributed by atoms with E-state index in [4.69, 9.17) is 0 Å². The molecule has 0 aliphatic carbocycles. The Hall–Kier alpha value is -2.57. The summed E-state index contributed by atoms with van der Waals surface area (Å²) in [6.07, 6.45) is 0. The molecule has 0 aliphatic rings. The second-order valence-electron chi connectivity index (χ2n) is 5.52. The number of carbonyl (C=O) groups is 1. The molecule has 0 amide bonds. The van der Waals surface area contributed by atoms with Gasteiger partial charge in [0.2, 0.25) is 0 Å². The summed E-state index contributed by atoms with van der Waals surface area (Å²) >= 11 is 2.52. The molecule has 3 aromatic rings. The van der Waals surface area contributed by atoms with Gasteiger partial charge >= 0.3 is 0 Å². The first kappa shape index (κ1) is 18.2. The second-order valence-corrected chi connectivity index (χ2v) is 7.35. The molecule has 26 heavy (non-hydrogen) atoms. The van der Waals surface area contributed by atoms with Crippen LogP contribution in [0.2, 0.25) is 0 Å². The van der Waals surface area contributed by atoms with Crippen molar-refractivity contribution in [2.45, 2.75) is 18.0 Å². The molecule has 3 rings (SSSR count). The fourth-order valence-corrected chi connectivity index (χ4v) is 3.96. The van der Waals surface area contributed by atoms with Crippen LogP contribution in [0.15, 0.2) is 34.8 Å². The van der Waals surface area contributed by atoms with Crippen LogP contribution in [0.5, 0.6) is 0 Å². The molecular weight excluding hydrogens is 373 g/mol. The maximum Gasteiger partial charge on any atom is 0.191 e. The number of ketones is 1. The Morgan fingerprint density at radius 2 is 2.12 bits per heavy atom. The van der Waals surface area contributed by atoms with Gasteiger partial charge in [0, 0.05) is 23.7 Å². The van der Waals surface area contributed by atoms with Crippen molar-refractivity contribution in [1.82, 2.24) is 19.7 Å². The maximum atomic E-state index is 13.1. The number of hydrogen-bond acceptors (Lipinski definition) is 7. The summed E-state index contributed by atoms with van der Waals surface area (Å²) < 4.78 is 14.8. The molecule has 2 heterocycles. The molecule has 0 N–H and O–H groups in total. The van der Waals surface area contributed by atoms with Crippen LogP contribution in [-0.2, 0) is 11.8 Å². The van der Waals surface area contributed by atoms with E-state index < -0.39 is 5.92 Å². The highest BCUT2D eigenvalue weighted by molar-refractivity contribution is 7.99. The van der Waals surface area contributed by atoms with Crippen LogP contribution in [0.1, 0.15) is 16.6 Å². The number of thioether (sulfide) groups is 1. The number of thiazole rings is 1. The molecule has 6 nitrogen and oxygen atoms in total. The predicted octanol–water partition coefficient (Wildman–Crippen LogP) is 3.35. The highest BCUT2D eigenvalue weighted by Crippen LogP contribution is 2.26. The maximum absolute atomic E-state index is 13.1. The van der Waals surface area contributed by atoms with E-state index in [9.17, 15) is 14.4 Å². The van der Waals surface area contributed by atoms with Gasteiger partial charge < -0.3 is 4.57 Å². The lowest BCUT2D eigenvalue weighted by Gasteiger charge is -2.06. The Kier molecular flexibility index (Phi) is 5.44. The summed E-state index contributed by atoms with van der Waals surface area (Å²) in [5.74, 6) is -0.751. The van der Waals surface area contributed by atoms with Crippen molar-refractivity contribution in [1.29, 1.82) is 5.26 Å². The zero-order valence-corrected chi connectivity index (χ0v) is 15.6. The van der Waals surface area contributed by atoms with Gasteiger partial charge in [0.15, 0.2) is 22.7 Å². The van der Waals surface area contributed by atoms with Gasteiger partial charge in [-0.15, -0.1) is 21.5 Å². The Morgan fingerprint density at radius 1 is 1.38 bits per heavy atom.